The van der Waals surface area contributed by atoms with E-state index in [1.165, 1.54) is 0 Å². The molecule has 2 N–H and O–H groups in total. The average Bonchev–Trinajstić information content (AvgIpc) is 2.65. The van der Waals surface area contributed by atoms with E-state index in [2.05, 4.69) is 4.98 Å². The van der Waals surface area contributed by atoms with E-state index in [1.807, 2.05) is 24.3 Å². The van der Waals surface area contributed by atoms with Crippen molar-refractivity contribution in [2.75, 3.05) is 0 Å². The number of halogens is 1. The number of oxazole rings is 1. The summed E-state index contributed by atoms with van der Waals surface area (Å²) in [6.07, 6.45) is 2.22. The SMILES string of the molecule is NCc1coc(Cc2cccc(Cl)c2)n1. The topological polar surface area (TPSA) is 52.0 Å². The molecular formula is C11H11ClN2O. The molecule has 0 aliphatic heterocycles. The molecule has 4 heteroatoms. The van der Waals surface area contributed by atoms with Gasteiger partial charge in [0.1, 0.15) is 6.26 Å². The van der Waals surface area contributed by atoms with Crippen molar-refractivity contribution in [1.29, 1.82) is 0 Å². The Morgan fingerprint density at radius 2 is 2.27 bits per heavy atom. The Balaban J connectivity index is 2.14. The van der Waals surface area contributed by atoms with Gasteiger partial charge >= 0.3 is 0 Å². The van der Waals surface area contributed by atoms with Crippen molar-refractivity contribution >= 4 is 11.6 Å². The number of benzene rings is 1. The predicted molar refractivity (Wildman–Crippen MR) is 58.7 cm³/mol. The van der Waals surface area contributed by atoms with Gasteiger partial charge in [0.25, 0.3) is 0 Å². The second-order valence-corrected chi connectivity index (χ2v) is 3.68. The van der Waals surface area contributed by atoms with Gasteiger partial charge in [-0.25, -0.2) is 4.98 Å². The molecule has 0 aliphatic carbocycles. The van der Waals surface area contributed by atoms with Crippen molar-refractivity contribution in [2.45, 2.75) is 13.0 Å². The molecule has 2 aromatic rings. The maximum absolute atomic E-state index is 5.87. The average molecular weight is 223 g/mol. The van der Waals surface area contributed by atoms with Gasteiger partial charge in [0.2, 0.25) is 0 Å². The van der Waals surface area contributed by atoms with Gasteiger partial charge < -0.3 is 10.2 Å². The van der Waals surface area contributed by atoms with Gasteiger partial charge in [-0.3, -0.25) is 0 Å². The van der Waals surface area contributed by atoms with Crippen molar-refractivity contribution in [3.8, 4) is 0 Å². The van der Waals surface area contributed by atoms with Crippen LogP contribution in [0.5, 0.6) is 0 Å². The van der Waals surface area contributed by atoms with Crippen molar-refractivity contribution < 1.29 is 4.42 Å². The molecule has 0 atom stereocenters. The number of aromatic nitrogens is 1. The van der Waals surface area contributed by atoms with Crippen molar-refractivity contribution in [3.05, 3.63) is 52.7 Å². The third kappa shape index (κ3) is 2.58. The molecule has 1 heterocycles. The van der Waals surface area contributed by atoms with E-state index < -0.39 is 0 Å². The third-order valence-electron chi connectivity index (χ3n) is 2.05. The zero-order valence-electron chi connectivity index (χ0n) is 8.11. The Bertz CT molecular complexity index is 453. The fraction of sp³-hybridized carbons (Fsp3) is 0.182. The minimum Gasteiger partial charge on any atom is -0.448 e. The molecule has 0 saturated heterocycles. The van der Waals surface area contributed by atoms with Crippen molar-refractivity contribution in [1.82, 2.24) is 4.98 Å². The van der Waals surface area contributed by atoms with Crippen LogP contribution >= 0.6 is 11.6 Å². The zero-order chi connectivity index (χ0) is 10.7. The summed E-state index contributed by atoms with van der Waals surface area (Å²) in [5.41, 5.74) is 7.28. The van der Waals surface area contributed by atoms with E-state index in [-0.39, 0.29) is 0 Å². The largest absolute Gasteiger partial charge is 0.448 e. The summed E-state index contributed by atoms with van der Waals surface area (Å²) in [5.74, 6) is 0.665. The molecule has 0 bridgehead atoms. The lowest BCUT2D eigenvalue weighted by atomic mass is 10.1. The maximum atomic E-state index is 5.87. The second kappa shape index (κ2) is 4.47. The maximum Gasteiger partial charge on any atom is 0.198 e. The summed E-state index contributed by atoms with van der Waals surface area (Å²) in [6, 6.07) is 7.63. The summed E-state index contributed by atoms with van der Waals surface area (Å²) in [4.78, 5) is 4.22. The van der Waals surface area contributed by atoms with Gasteiger partial charge in [0.15, 0.2) is 5.89 Å². The summed E-state index contributed by atoms with van der Waals surface area (Å²) < 4.78 is 5.27. The van der Waals surface area contributed by atoms with Crippen LogP contribution in [0.3, 0.4) is 0 Å². The third-order valence-corrected chi connectivity index (χ3v) is 2.29. The number of nitrogens with two attached hydrogens (primary N) is 1. The number of hydrogen-bond acceptors (Lipinski definition) is 3. The van der Waals surface area contributed by atoms with Crippen LogP contribution in [0.15, 0.2) is 34.9 Å². The molecule has 1 aromatic heterocycles. The standard InChI is InChI=1S/C11H11ClN2O/c12-9-3-1-2-8(4-9)5-11-14-10(6-13)7-15-11/h1-4,7H,5-6,13H2. The van der Waals surface area contributed by atoms with Gasteiger partial charge in [-0.1, -0.05) is 23.7 Å². The molecule has 0 radical (unpaired) electrons. The lowest BCUT2D eigenvalue weighted by molar-refractivity contribution is 0.506. The Labute approximate surface area is 92.9 Å². The van der Waals surface area contributed by atoms with Crippen LogP contribution < -0.4 is 5.73 Å². The Hall–Kier alpha value is -1.32. The first kappa shape index (κ1) is 10.2. The van der Waals surface area contributed by atoms with Crippen LogP contribution in [0, 0.1) is 0 Å². The highest BCUT2D eigenvalue weighted by Crippen LogP contribution is 2.14. The highest BCUT2D eigenvalue weighted by Gasteiger charge is 2.03. The monoisotopic (exact) mass is 222 g/mol. The second-order valence-electron chi connectivity index (χ2n) is 3.24. The molecule has 0 aliphatic rings. The fourth-order valence-electron chi connectivity index (χ4n) is 1.35. The highest BCUT2D eigenvalue weighted by atomic mass is 35.5. The van der Waals surface area contributed by atoms with E-state index in [0.29, 0.717) is 18.9 Å². The molecule has 15 heavy (non-hydrogen) atoms. The first-order chi connectivity index (χ1) is 7.28. The summed E-state index contributed by atoms with van der Waals surface area (Å²) in [7, 11) is 0. The number of hydrogen-bond donors (Lipinski definition) is 1. The van der Waals surface area contributed by atoms with Gasteiger partial charge in [-0.15, -0.1) is 0 Å². The van der Waals surface area contributed by atoms with Crippen LogP contribution in [0.25, 0.3) is 0 Å². The van der Waals surface area contributed by atoms with Gasteiger partial charge in [-0.2, -0.15) is 0 Å². The predicted octanol–water partition coefficient (Wildman–Crippen LogP) is 2.38. The Kier molecular flexibility index (Phi) is 3.04. The minimum absolute atomic E-state index is 0.402. The van der Waals surface area contributed by atoms with Crippen LogP contribution in [0.4, 0.5) is 0 Å². The van der Waals surface area contributed by atoms with E-state index in [0.717, 1.165) is 16.3 Å². The van der Waals surface area contributed by atoms with E-state index in [4.69, 9.17) is 21.8 Å². The number of rotatable bonds is 3. The summed E-state index contributed by atoms with van der Waals surface area (Å²) in [5, 5.41) is 0.720. The van der Waals surface area contributed by atoms with Gasteiger partial charge in [0, 0.05) is 18.0 Å². The zero-order valence-corrected chi connectivity index (χ0v) is 8.87. The molecule has 1 aromatic carbocycles. The van der Waals surface area contributed by atoms with Crippen molar-refractivity contribution in [2.24, 2.45) is 5.73 Å². The molecule has 0 saturated carbocycles. The normalized spacial score (nSPS) is 10.5. The fourth-order valence-corrected chi connectivity index (χ4v) is 1.56. The van der Waals surface area contributed by atoms with Crippen LogP contribution in [0.1, 0.15) is 17.1 Å². The first-order valence-corrected chi connectivity index (χ1v) is 5.03. The molecule has 0 unspecified atom stereocenters. The summed E-state index contributed by atoms with van der Waals surface area (Å²) in [6.45, 7) is 0.402. The molecular weight excluding hydrogens is 212 g/mol. The van der Waals surface area contributed by atoms with Crippen LogP contribution in [-0.4, -0.2) is 4.98 Å². The Morgan fingerprint density at radius 3 is 2.93 bits per heavy atom. The number of nitrogens with zero attached hydrogens (tertiary/aromatic N) is 1. The quantitative estimate of drug-likeness (QED) is 0.868. The van der Waals surface area contributed by atoms with E-state index in [1.54, 1.807) is 6.26 Å². The molecule has 3 nitrogen and oxygen atoms in total. The summed E-state index contributed by atoms with van der Waals surface area (Å²) >= 11 is 5.87. The van der Waals surface area contributed by atoms with Crippen molar-refractivity contribution in [3.63, 3.8) is 0 Å². The Morgan fingerprint density at radius 1 is 1.40 bits per heavy atom. The highest BCUT2D eigenvalue weighted by molar-refractivity contribution is 6.30. The molecule has 2 rings (SSSR count). The molecule has 0 spiro atoms. The van der Waals surface area contributed by atoms with Gasteiger partial charge in [0.05, 0.1) is 5.69 Å². The lowest BCUT2D eigenvalue weighted by Gasteiger charge is -1.97. The smallest absolute Gasteiger partial charge is 0.198 e. The van der Waals surface area contributed by atoms with Gasteiger partial charge in [-0.05, 0) is 17.7 Å². The molecule has 0 amide bonds. The van der Waals surface area contributed by atoms with Crippen LogP contribution in [0.2, 0.25) is 5.02 Å². The molecule has 78 valence electrons. The minimum atomic E-state index is 0.402. The first-order valence-electron chi connectivity index (χ1n) is 4.65. The lowest BCUT2D eigenvalue weighted by Crippen LogP contribution is -1.96. The molecule has 0 fully saturated rings. The van der Waals surface area contributed by atoms with Crippen LogP contribution in [-0.2, 0) is 13.0 Å². The van der Waals surface area contributed by atoms with E-state index in [9.17, 15) is 0 Å². The van der Waals surface area contributed by atoms with E-state index >= 15 is 0 Å².